The third kappa shape index (κ3) is 2.68. The summed E-state index contributed by atoms with van der Waals surface area (Å²) in [7, 11) is 2.43. The maximum atomic E-state index is 13.1. The summed E-state index contributed by atoms with van der Waals surface area (Å²) in [6.07, 6.45) is -0.235. The number of benzene rings is 1. The van der Waals surface area contributed by atoms with Gasteiger partial charge in [-0.15, -0.1) is 0 Å². The summed E-state index contributed by atoms with van der Waals surface area (Å²) in [6.45, 7) is 0. The van der Waals surface area contributed by atoms with Crippen molar-refractivity contribution in [2.45, 2.75) is 37.4 Å². The molecule has 0 aliphatic heterocycles. The molecular weight excluding hydrogens is 299 g/mol. The normalized spacial score (nSPS) is 17.0. The number of halogens is 3. The summed E-state index contributed by atoms with van der Waals surface area (Å²) < 4.78 is 49.4. The zero-order chi connectivity index (χ0) is 16.4. The summed E-state index contributed by atoms with van der Waals surface area (Å²) in [5.74, 6) is -0.418. The first-order valence-corrected chi connectivity index (χ1v) is 6.81. The maximum Gasteiger partial charge on any atom is 0.420 e. The lowest BCUT2D eigenvalue weighted by Gasteiger charge is -2.27. The molecule has 0 aromatic heterocycles. The molecule has 0 spiro atoms. The molecule has 1 aromatic rings. The van der Waals surface area contributed by atoms with Gasteiger partial charge in [-0.05, 0) is 18.9 Å². The number of hydrogen-bond donors (Lipinski definition) is 0. The molecule has 1 fully saturated rings. The quantitative estimate of drug-likeness (QED) is 0.627. The van der Waals surface area contributed by atoms with Gasteiger partial charge < -0.3 is 9.47 Å². The van der Waals surface area contributed by atoms with E-state index in [4.69, 9.17) is 9.47 Å². The number of ether oxygens (including phenoxy) is 2. The molecule has 0 unspecified atom stereocenters. The molecule has 0 amide bonds. The highest BCUT2D eigenvalue weighted by atomic mass is 19.4. The maximum absolute atomic E-state index is 13.1. The first kappa shape index (κ1) is 16.4. The van der Waals surface area contributed by atoms with Crippen LogP contribution in [0.2, 0.25) is 0 Å². The predicted molar refractivity (Wildman–Crippen MR) is 72.8 cm³/mol. The summed E-state index contributed by atoms with van der Waals surface area (Å²) in [4.78, 5) is 14.7. The molecule has 0 saturated heterocycles. The fourth-order valence-electron chi connectivity index (χ4n) is 3.05. The van der Waals surface area contributed by atoms with Crippen molar-refractivity contribution >= 4 is 6.08 Å². The van der Waals surface area contributed by atoms with E-state index in [1.807, 2.05) is 0 Å². The average molecular weight is 315 g/mol. The van der Waals surface area contributed by atoms with Gasteiger partial charge in [0, 0.05) is 5.56 Å². The van der Waals surface area contributed by atoms with Crippen molar-refractivity contribution in [3.05, 3.63) is 23.3 Å². The number of nitrogens with zero attached hydrogens (tertiary/aromatic N) is 1. The molecule has 0 atom stereocenters. The molecule has 0 heterocycles. The Kier molecular flexibility index (Phi) is 4.47. The van der Waals surface area contributed by atoms with Crippen molar-refractivity contribution in [1.29, 1.82) is 0 Å². The number of rotatable bonds is 4. The van der Waals surface area contributed by atoms with Crippen molar-refractivity contribution in [1.82, 2.24) is 0 Å². The second kappa shape index (κ2) is 6.01. The Bertz CT molecular complexity index is 601. The van der Waals surface area contributed by atoms with E-state index in [1.54, 1.807) is 0 Å². The van der Waals surface area contributed by atoms with Crippen LogP contribution in [0.25, 0.3) is 0 Å². The lowest BCUT2D eigenvalue weighted by Crippen LogP contribution is -2.21. The number of aliphatic imine (C=N–C) groups is 1. The van der Waals surface area contributed by atoms with Crippen LogP contribution in [-0.2, 0) is 16.5 Å². The number of hydrogen-bond acceptors (Lipinski definition) is 4. The summed E-state index contributed by atoms with van der Waals surface area (Å²) in [5.41, 5.74) is -1.37. The van der Waals surface area contributed by atoms with Crippen LogP contribution in [0, 0.1) is 0 Å². The zero-order valence-electron chi connectivity index (χ0n) is 12.3. The van der Waals surface area contributed by atoms with Gasteiger partial charge in [0.25, 0.3) is 0 Å². The molecule has 7 heteroatoms. The average Bonchev–Trinajstić information content (AvgIpc) is 2.94. The Morgan fingerprint density at radius 1 is 1.14 bits per heavy atom. The highest BCUT2D eigenvalue weighted by molar-refractivity contribution is 5.56. The van der Waals surface area contributed by atoms with Crippen LogP contribution in [-0.4, -0.2) is 20.3 Å². The van der Waals surface area contributed by atoms with Gasteiger partial charge >= 0.3 is 6.18 Å². The minimum absolute atomic E-state index is 0.0294. The molecule has 1 aliphatic carbocycles. The molecule has 0 bridgehead atoms. The van der Waals surface area contributed by atoms with Gasteiger partial charge in [-0.3, -0.25) is 0 Å². The Morgan fingerprint density at radius 3 is 2.18 bits per heavy atom. The second-order valence-corrected chi connectivity index (χ2v) is 5.17. The molecule has 1 aliphatic rings. The van der Waals surface area contributed by atoms with Crippen LogP contribution >= 0.6 is 0 Å². The molecule has 1 saturated carbocycles. The van der Waals surface area contributed by atoms with Crippen molar-refractivity contribution in [2.75, 3.05) is 14.2 Å². The lowest BCUT2D eigenvalue weighted by atomic mass is 9.87. The van der Waals surface area contributed by atoms with E-state index in [1.165, 1.54) is 19.3 Å². The van der Waals surface area contributed by atoms with Crippen LogP contribution in [0.3, 0.4) is 0 Å². The minimum atomic E-state index is -4.56. The van der Waals surface area contributed by atoms with Crippen LogP contribution < -0.4 is 9.47 Å². The first-order chi connectivity index (χ1) is 10.4. The number of alkyl halides is 3. The zero-order valence-corrected chi connectivity index (χ0v) is 12.3. The fourth-order valence-corrected chi connectivity index (χ4v) is 3.05. The van der Waals surface area contributed by atoms with Gasteiger partial charge in [0.15, 0.2) is 11.5 Å². The minimum Gasteiger partial charge on any atom is -0.492 e. The third-order valence-corrected chi connectivity index (χ3v) is 4.02. The van der Waals surface area contributed by atoms with Gasteiger partial charge in [0.2, 0.25) is 6.08 Å². The lowest BCUT2D eigenvalue weighted by molar-refractivity contribution is -0.138. The van der Waals surface area contributed by atoms with E-state index in [0.717, 1.165) is 26.0 Å². The molecule has 4 nitrogen and oxygen atoms in total. The molecule has 0 N–H and O–H groups in total. The second-order valence-electron chi connectivity index (χ2n) is 5.17. The van der Waals surface area contributed by atoms with Gasteiger partial charge in [0.1, 0.15) is 11.1 Å². The molecule has 22 heavy (non-hydrogen) atoms. The standard InChI is InChI=1S/C15H16F3NO3/c1-21-12-10(14(19-9-20)7-3-4-8-14)5-6-11(13(12)22-2)15(16,17)18/h5-6H,3-4,7-8H2,1-2H3. The van der Waals surface area contributed by atoms with Crippen molar-refractivity contribution < 1.29 is 27.4 Å². The van der Waals surface area contributed by atoms with Gasteiger partial charge in [0.05, 0.1) is 14.2 Å². The largest absolute Gasteiger partial charge is 0.492 e. The summed E-state index contributed by atoms with van der Waals surface area (Å²) >= 11 is 0. The Balaban J connectivity index is 2.70. The topological polar surface area (TPSA) is 47.9 Å². The van der Waals surface area contributed by atoms with E-state index in [-0.39, 0.29) is 11.5 Å². The van der Waals surface area contributed by atoms with Gasteiger partial charge in [-0.2, -0.15) is 18.2 Å². The highest BCUT2D eigenvalue weighted by Gasteiger charge is 2.42. The SMILES string of the molecule is COc1c(C(F)(F)F)ccc(C2(N=C=O)CCCC2)c1OC. The van der Waals surface area contributed by atoms with Crippen molar-refractivity contribution in [3.8, 4) is 11.5 Å². The number of methoxy groups -OCH3 is 2. The number of isocyanates is 1. The van der Waals surface area contributed by atoms with E-state index < -0.39 is 17.3 Å². The summed E-state index contributed by atoms with van der Waals surface area (Å²) in [6, 6.07) is 2.26. The van der Waals surface area contributed by atoms with Gasteiger partial charge in [-0.25, -0.2) is 4.79 Å². The van der Waals surface area contributed by atoms with E-state index in [9.17, 15) is 18.0 Å². The van der Waals surface area contributed by atoms with E-state index in [2.05, 4.69) is 4.99 Å². The van der Waals surface area contributed by atoms with Crippen molar-refractivity contribution in [2.24, 2.45) is 4.99 Å². The molecular formula is C15H16F3NO3. The van der Waals surface area contributed by atoms with Crippen LogP contribution in [0.15, 0.2) is 17.1 Å². The Morgan fingerprint density at radius 2 is 1.73 bits per heavy atom. The monoisotopic (exact) mass is 315 g/mol. The predicted octanol–water partition coefficient (Wildman–Crippen LogP) is 3.83. The van der Waals surface area contributed by atoms with Crippen LogP contribution in [0.5, 0.6) is 11.5 Å². The van der Waals surface area contributed by atoms with E-state index >= 15 is 0 Å². The van der Waals surface area contributed by atoms with Crippen LogP contribution in [0.4, 0.5) is 13.2 Å². The Labute approximate surface area is 125 Å². The number of carbonyl (C=O) groups excluding carboxylic acids is 1. The molecule has 1 aromatic carbocycles. The highest BCUT2D eigenvalue weighted by Crippen LogP contribution is 2.51. The van der Waals surface area contributed by atoms with Crippen molar-refractivity contribution in [3.63, 3.8) is 0 Å². The molecule has 0 radical (unpaired) electrons. The molecule has 120 valence electrons. The van der Waals surface area contributed by atoms with E-state index in [0.29, 0.717) is 18.4 Å². The fraction of sp³-hybridized carbons (Fsp3) is 0.533. The van der Waals surface area contributed by atoms with Crippen LogP contribution in [0.1, 0.15) is 36.8 Å². The van der Waals surface area contributed by atoms with Gasteiger partial charge in [-0.1, -0.05) is 18.9 Å². The molecule has 2 rings (SSSR count). The smallest absolute Gasteiger partial charge is 0.420 e. The summed E-state index contributed by atoms with van der Waals surface area (Å²) in [5, 5.41) is 0. The first-order valence-electron chi connectivity index (χ1n) is 6.81. The third-order valence-electron chi connectivity index (χ3n) is 4.02. The Hall–Kier alpha value is -2.01.